The third kappa shape index (κ3) is 4.19. The van der Waals surface area contributed by atoms with E-state index in [1.807, 2.05) is 0 Å². The molecule has 2 fully saturated rings. The van der Waals surface area contributed by atoms with Crippen molar-refractivity contribution in [2.75, 3.05) is 36.4 Å². The van der Waals surface area contributed by atoms with Crippen molar-refractivity contribution >= 4 is 22.9 Å². The van der Waals surface area contributed by atoms with E-state index in [1.54, 1.807) is 6.33 Å². The molecule has 152 valence electrons. The molecular weight excluding hydrogens is 362 g/mol. The quantitative estimate of drug-likeness (QED) is 0.698. The number of fused-ring (bicyclic) bond motifs is 1. The van der Waals surface area contributed by atoms with Crippen molar-refractivity contribution in [3.8, 4) is 0 Å². The van der Waals surface area contributed by atoms with Crippen LogP contribution in [0.1, 0.15) is 37.7 Å². The molecule has 1 aromatic carbocycles. The number of likely N-dealkylation sites (tertiary alicyclic amines) is 1. The minimum atomic E-state index is 0.399. The van der Waals surface area contributed by atoms with E-state index in [0.717, 1.165) is 62.1 Å². The molecule has 0 amide bonds. The molecule has 7 heteroatoms. The topological polar surface area (TPSA) is 74.2 Å². The Labute approximate surface area is 171 Å². The lowest BCUT2D eigenvalue weighted by Crippen LogP contribution is -2.34. The van der Waals surface area contributed by atoms with Crippen molar-refractivity contribution in [3.63, 3.8) is 0 Å². The van der Waals surface area contributed by atoms with E-state index in [0.29, 0.717) is 6.04 Å². The van der Waals surface area contributed by atoms with Crippen LogP contribution in [0.15, 0.2) is 36.7 Å². The predicted molar refractivity (Wildman–Crippen MR) is 115 cm³/mol. The highest BCUT2D eigenvalue weighted by molar-refractivity contribution is 5.81. The van der Waals surface area contributed by atoms with E-state index in [2.05, 4.69) is 60.4 Å². The van der Waals surface area contributed by atoms with Gasteiger partial charge in [-0.25, -0.2) is 9.97 Å². The molecule has 29 heavy (non-hydrogen) atoms. The van der Waals surface area contributed by atoms with Gasteiger partial charge in [0.05, 0.1) is 25.5 Å². The van der Waals surface area contributed by atoms with Crippen LogP contribution in [-0.4, -0.2) is 52.1 Å². The Morgan fingerprint density at radius 1 is 1.07 bits per heavy atom. The summed E-state index contributed by atoms with van der Waals surface area (Å²) < 4.78 is 0. The fourth-order valence-corrected chi connectivity index (χ4v) is 4.58. The summed E-state index contributed by atoms with van der Waals surface area (Å²) in [5.74, 6) is 1.95. The highest BCUT2D eigenvalue weighted by Crippen LogP contribution is 2.23. The number of benzene rings is 1. The zero-order valence-corrected chi connectivity index (χ0v) is 16.9. The second-order valence-corrected chi connectivity index (χ2v) is 8.29. The van der Waals surface area contributed by atoms with Crippen LogP contribution in [0, 0.1) is 0 Å². The molecule has 7 nitrogen and oxygen atoms in total. The van der Waals surface area contributed by atoms with Crippen LogP contribution in [0.3, 0.4) is 0 Å². The van der Waals surface area contributed by atoms with Gasteiger partial charge in [0.25, 0.3) is 0 Å². The minimum absolute atomic E-state index is 0.399. The SMILES string of the molecule is c1ccc(CN2CCC(Nc3nc4nc[nH]c4c(N4CCCCCC4)[nH+]3)C2)cc1. The van der Waals surface area contributed by atoms with Crippen LogP contribution in [0.5, 0.6) is 0 Å². The highest BCUT2D eigenvalue weighted by Gasteiger charge is 2.27. The Hall–Kier alpha value is -2.67. The molecule has 0 saturated carbocycles. The van der Waals surface area contributed by atoms with Crippen LogP contribution in [0.25, 0.3) is 11.2 Å². The van der Waals surface area contributed by atoms with Crippen LogP contribution in [0.4, 0.5) is 11.8 Å². The lowest BCUT2D eigenvalue weighted by atomic mass is 10.2. The van der Waals surface area contributed by atoms with Crippen molar-refractivity contribution in [1.82, 2.24) is 19.9 Å². The van der Waals surface area contributed by atoms with E-state index < -0.39 is 0 Å². The summed E-state index contributed by atoms with van der Waals surface area (Å²) in [6.45, 7) is 5.32. The van der Waals surface area contributed by atoms with Gasteiger partial charge in [-0.05, 0) is 24.8 Å². The summed E-state index contributed by atoms with van der Waals surface area (Å²) in [5, 5.41) is 3.64. The van der Waals surface area contributed by atoms with Crippen molar-refractivity contribution in [3.05, 3.63) is 42.2 Å². The number of rotatable bonds is 5. The summed E-state index contributed by atoms with van der Waals surface area (Å²) in [7, 11) is 0. The van der Waals surface area contributed by atoms with Crippen molar-refractivity contribution in [2.45, 2.75) is 44.7 Å². The molecule has 2 aromatic heterocycles. The van der Waals surface area contributed by atoms with Gasteiger partial charge in [0.1, 0.15) is 0 Å². The molecule has 4 heterocycles. The monoisotopic (exact) mass is 392 g/mol. The van der Waals surface area contributed by atoms with Gasteiger partial charge < -0.3 is 9.88 Å². The lowest BCUT2D eigenvalue weighted by molar-refractivity contribution is -0.349. The fourth-order valence-electron chi connectivity index (χ4n) is 4.58. The molecule has 0 bridgehead atoms. The molecule has 1 atom stereocenters. The standard InChI is InChI=1S/C22H29N7/c1-2-7-12-29(11-6-1)21-19-20(24-16-23-19)26-22(27-21)25-18-10-13-28(15-18)14-17-8-4-3-5-9-17/h3-5,8-9,16,18H,1-2,6-7,10-15H2,(H2,23,24,25,26,27)/p+1. The molecular formula is C22H30N7+. The van der Waals surface area contributed by atoms with Crippen molar-refractivity contribution < 1.29 is 4.98 Å². The molecule has 3 aromatic rings. The third-order valence-electron chi connectivity index (χ3n) is 6.10. The van der Waals surface area contributed by atoms with E-state index >= 15 is 0 Å². The maximum atomic E-state index is 4.73. The van der Waals surface area contributed by atoms with Crippen LogP contribution in [0.2, 0.25) is 0 Å². The number of hydrogen-bond acceptors (Lipinski definition) is 5. The summed E-state index contributed by atoms with van der Waals surface area (Å²) in [6.07, 6.45) is 7.99. The molecule has 2 aliphatic heterocycles. The molecule has 0 aliphatic carbocycles. The second kappa shape index (κ2) is 8.37. The Kier molecular flexibility index (Phi) is 5.30. The number of hydrogen-bond donors (Lipinski definition) is 2. The van der Waals surface area contributed by atoms with E-state index in [9.17, 15) is 0 Å². The smallest absolute Gasteiger partial charge is 0.337 e. The number of nitrogens with one attached hydrogen (secondary N) is 3. The number of imidazole rings is 1. The average molecular weight is 393 g/mol. The molecule has 3 N–H and O–H groups in total. The minimum Gasteiger partial charge on any atom is -0.337 e. The molecule has 5 rings (SSSR count). The number of nitrogens with zero attached hydrogens (tertiary/aromatic N) is 4. The normalized spacial score (nSPS) is 20.8. The Morgan fingerprint density at radius 3 is 2.72 bits per heavy atom. The van der Waals surface area contributed by atoms with Crippen LogP contribution < -0.4 is 15.2 Å². The summed E-state index contributed by atoms with van der Waals surface area (Å²) >= 11 is 0. The zero-order chi connectivity index (χ0) is 19.5. The average Bonchev–Trinajstić information content (AvgIpc) is 3.30. The van der Waals surface area contributed by atoms with Crippen molar-refractivity contribution in [1.29, 1.82) is 0 Å². The lowest BCUT2D eigenvalue weighted by Gasteiger charge is -2.19. The number of anilines is 2. The van der Waals surface area contributed by atoms with Crippen LogP contribution >= 0.6 is 0 Å². The van der Waals surface area contributed by atoms with E-state index in [-0.39, 0.29) is 0 Å². The highest BCUT2D eigenvalue weighted by atomic mass is 15.3. The number of aromatic amines is 2. The first-order valence-corrected chi connectivity index (χ1v) is 10.9. The van der Waals surface area contributed by atoms with E-state index in [1.165, 1.54) is 31.2 Å². The van der Waals surface area contributed by atoms with Gasteiger partial charge >= 0.3 is 5.95 Å². The van der Waals surface area contributed by atoms with Gasteiger partial charge in [-0.3, -0.25) is 10.2 Å². The molecule has 2 saturated heterocycles. The van der Waals surface area contributed by atoms with Gasteiger partial charge in [0.2, 0.25) is 11.5 Å². The molecule has 0 spiro atoms. The van der Waals surface area contributed by atoms with Gasteiger partial charge in [0, 0.05) is 19.6 Å². The van der Waals surface area contributed by atoms with Gasteiger partial charge in [-0.2, -0.15) is 0 Å². The zero-order valence-electron chi connectivity index (χ0n) is 16.9. The van der Waals surface area contributed by atoms with Gasteiger partial charge in [0.15, 0.2) is 5.52 Å². The number of aromatic nitrogens is 4. The summed E-state index contributed by atoms with van der Waals surface area (Å²) in [5.41, 5.74) is 3.17. The van der Waals surface area contributed by atoms with E-state index in [4.69, 9.17) is 4.98 Å². The Morgan fingerprint density at radius 2 is 1.90 bits per heavy atom. The molecule has 2 aliphatic rings. The van der Waals surface area contributed by atoms with Gasteiger partial charge in [-0.15, -0.1) is 0 Å². The summed E-state index contributed by atoms with van der Waals surface area (Å²) in [4.78, 5) is 21.0. The fraction of sp³-hybridized carbons (Fsp3) is 0.500. The van der Waals surface area contributed by atoms with Gasteiger partial charge in [-0.1, -0.05) is 48.2 Å². The summed E-state index contributed by atoms with van der Waals surface area (Å²) in [6, 6.07) is 11.1. The molecule has 0 radical (unpaired) electrons. The Balaban J connectivity index is 1.30. The first-order chi connectivity index (χ1) is 14.3. The first-order valence-electron chi connectivity index (χ1n) is 10.9. The predicted octanol–water partition coefficient (Wildman–Crippen LogP) is 2.84. The second-order valence-electron chi connectivity index (χ2n) is 8.29. The number of H-pyrrole nitrogens is 2. The maximum absolute atomic E-state index is 4.73. The van der Waals surface area contributed by atoms with Crippen LogP contribution in [-0.2, 0) is 6.54 Å². The first kappa shape index (κ1) is 18.4. The largest absolute Gasteiger partial charge is 0.347 e. The third-order valence-corrected chi connectivity index (χ3v) is 6.10. The molecule has 1 unspecified atom stereocenters. The Bertz CT molecular complexity index is 931. The van der Waals surface area contributed by atoms with Crippen molar-refractivity contribution in [2.24, 2.45) is 0 Å². The maximum Gasteiger partial charge on any atom is 0.347 e.